The van der Waals surface area contributed by atoms with E-state index in [-0.39, 0.29) is 12.3 Å². The molecule has 0 aromatic heterocycles. The monoisotopic (exact) mass is 363 g/mol. The summed E-state index contributed by atoms with van der Waals surface area (Å²) in [6.07, 6.45) is 0.153. The van der Waals surface area contributed by atoms with Crippen molar-refractivity contribution in [2.45, 2.75) is 6.42 Å². The van der Waals surface area contributed by atoms with Gasteiger partial charge in [-0.1, -0.05) is 30.3 Å². The third-order valence-electron chi connectivity index (χ3n) is 3.97. The fourth-order valence-electron chi connectivity index (χ4n) is 2.66. The van der Waals surface area contributed by atoms with Crippen LogP contribution in [0.1, 0.15) is 5.56 Å². The smallest absolute Gasteiger partial charge is 0.229 e. The summed E-state index contributed by atoms with van der Waals surface area (Å²) < 4.78 is 16.5. The van der Waals surface area contributed by atoms with Crippen molar-refractivity contribution in [3.05, 3.63) is 78.4 Å². The fraction of sp³-hybridized carbons (Fsp3) is 0.136. The van der Waals surface area contributed by atoms with Gasteiger partial charge in [0.15, 0.2) is 5.75 Å². The molecule has 1 amide bonds. The molecule has 138 valence electrons. The van der Waals surface area contributed by atoms with Crippen LogP contribution in [0.3, 0.4) is 0 Å². The summed E-state index contributed by atoms with van der Waals surface area (Å²) >= 11 is 0. The predicted octanol–water partition coefficient (Wildman–Crippen LogP) is 4.68. The maximum atomic E-state index is 12.6. The predicted molar refractivity (Wildman–Crippen MR) is 105 cm³/mol. The molecule has 27 heavy (non-hydrogen) atoms. The normalized spacial score (nSPS) is 10.1. The van der Waals surface area contributed by atoms with Gasteiger partial charge in [0, 0.05) is 5.56 Å². The van der Waals surface area contributed by atoms with E-state index in [1.807, 2.05) is 48.5 Å². The first-order valence-electron chi connectivity index (χ1n) is 8.52. The van der Waals surface area contributed by atoms with Gasteiger partial charge in [-0.05, 0) is 42.5 Å². The fourth-order valence-corrected chi connectivity index (χ4v) is 2.66. The van der Waals surface area contributed by atoms with Crippen LogP contribution in [0.2, 0.25) is 0 Å². The second-order valence-electron chi connectivity index (χ2n) is 5.81. The Balaban J connectivity index is 1.75. The maximum absolute atomic E-state index is 12.6. The van der Waals surface area contributed by atoms with Gasteiger partial charge in [-0.3, -0.25) is 4.79 Å². The number of anilines is 1. The van der Waals surface area contributed by atoms with Crippen LogP contribution in [0, 0.1) is 0 Å². The van der Waals surface area contributed by atoms with Crippen molar-refractivity contribution >= 4 is 11.6 Å². The lowest BCUT2D eigenvalue weighted by Crippen LogP contribution is -2.15. The van der Waals surface area contributed by atoms with Crippen molar-refractivity contribution in [3.8, 4) is 23.0 Å². The molecule has 0 saturated heterocycles. The van der Waals surface area contributed by atoms with E-state index in [0.717, 1.165) is 5.56 Å². The van der Waals surface area contributed by atoms with Gasteiger partial charge < -0.3 is 19.5 Å². The molecule has 0 radical (unpaired) electrons. The van der Waals surface area contributed by atoms with Gasteiger partial charge in [-0.15, -0.1) is 0 Å². The second kappa shape index (κ2) is 8.76. The molecule has 0 atom stereocenters. The topological polar surface area (TPSA) is 56.8 Å². The molecule has 0 aliphatic carbocycles. The lowest BCUT2D eigenvalue weighted by atomic mass is 10.1. The van der Waals surface area contributed by atoms with E-state index < -0.39 is 0 Å². The lowest BCUT2D eigenvalue weighted by molar-refractivity contribution is -0.115. The first-order chi connectivity index (χ1) is 13.2. The molecule has 3 aromatic carbocycles. The number of para-hydroxylation sites is 3. The average molecular weight is 363 g/mol. The number of carbonyl (C=O) groups excluding carboxylic acids is 1. The average Bonchev–Trinajstić information content (AvgIpc) is 2.70. The molecule has 0 bridgehead atoms. The first-order valence-corrected chi connectivity index (χ1v) is 8.52. The summed E-state index contributed by atoms with van der Waals surface area (Å²) in [6, 6.07) is 22.1. The lowest BCUT2D eigenvalue weighted by Gasteiger charge is -2.13. The van der Waals surface area contributed by atoms with Crippen LogP contribution >= 0.6 is 0 Å². The molecule has 3 rings (SSSR count). The van der Waals surface area contributed by atoms with E-state index in [0.29, 0.717) is 28.7 Å². The van der Waals surface area contributed by atoms with Gasteiger partial charge in [0.2, 0.25) is 5.91 Å². The van der Waals surface area contributed by atoms with Crippen LogP contribution in [-0.4, -0.2) is 20.1 Å². The zero-order valence-electron chi connectivity index (χ0n) is 15.3. The molecule has 0 aliphatic heterocycles. The van der Waals surface area contributed by atoms with E-state index >= 15 is 0 Å². The Morgan fingerprint density at radius 1 is 0.815 bits per heavy atom. The summed E-state index contributed by atoms with van der Waals surface area (Å²) in [5.41, 5.74) is 1.35. The highest BCUT2D eigenvalue weighted by Gasteiger charge is 2.13. The van der Waals surface area contributed by atoms with E-state index in [1.54, 1.807) is 38.5 Å². The highest BCUT2D eigenvalue weighted by atomic mass is 16.5. The van der Waals surface area contributed by atoms with Gasteiger partial charge in [0.25, 0.3) is 0 Å². The van der Waals surface area contributed by atoms with Crippen molar-refractivity contribution in [2.24, 2.45) is 0 Å². The summed E-state index contributed by atoms with van der Waals surface area (Å²) in [5.74, 6) is 2.42. The largest absolute Gasteiger partial charge is 0.497 e. The van der Waals surface area contributed by atoms with Crippen LogP contribution in [0.5, 0.6) is 23.0 Å². The minimum Gasteiger partial charge on any atom is -0.497 e. The van der Waals surface area contributed by atoms with Crippen molar-refractivity contribution in [3.63, 3.8) is 0 Å². The van der Waals surface area contributed by atoms with E-state index in [2.05, 4.69) is 5.32 Å². The zero-order valence-corrected chi connectivity index (χ0v) is 15.3. The summed E-state index contributed by atoms with van der Waals surface area (Å²) in [5, 5.41) is 2.91. The number of carbonyl (C=O) groups is 1. The molecule has 0 fully saturated rings. The van der Waals surface area contributed by atoms with Crippen molar-refractivity contribution in [1.82, 2.24) is 0 Å². The maximum Gasteiger partial charge on any atom is 0.229 e. The van der Waals surface area contributed by atoms with Gasteiger partial charge in [-0.25, -0.2) is 0 Å². The number of nitrogens with one attached hydrogen (secondary N) is 1. The summed E-state index contributed by atoms with van der Waals surface area (Å²) in [4.78, 5) is 12.6. The number of ether oxygens (including phenoxy) is 3. The summed E-state index contributed by atoms with van der Waals surface area (Å²) in [6.45, 7) is 0. The van der Waals surface area contributed by atoms with Crippen molar-refractivity contribution in [1.29, 1.82) is 0 Å². The number of hydrogen-bond acceptors (Lipinski definition) is 4. The Morgan fingerprint density at radius 2 is 1.56 bits per heavy atom. The standard InChI is InChI=1S/C22H21NO4/c1-25-18-12-13-20(26-2)16(14-18)15-22(24)23-19-10-6-7-11-21(19)27-17-8-4-3-5-9-17/h3-14H,15H2,1-2H3,(H,23,24). The summed E-state index contributed by atoms with van der Waals surface area (Å²) in [7, 11) is 3.16. The number of rotatable bonds is 7. The third-order valence-corrected chi connectivity index (χ3v) is 3.97. The quantitative estimate of drug-likeness (QED) is 0.662. The SMILES string of the molecule is COc1ccc(OC)c(CC(=O)Nc2ccccc2Oc2ccccc2)c1. The molecule has 1 N–H and O–H groups in total. The molecule has 0 aliphatic rings. The van der Waals surface area contributed by atoms with Crippen LogP contribution in [0.15, 0.2) is 72.8 Å². The molecule has 0 unspecified atom stereocenters. The van der Waals surface area contributed by atoms with E-state index in [1.165, 1.54) is 0 Å². The van der Waals surface area contributed by atoms with Gasteiger partial charge in [-0.2, -0.15) is 0 Å². The van der Waals surface area contributed by atoms with E-state index in [4.69, 9.17) is 14.2 Å². The van der Waals surface area contributed by atoms with Gasteiger partial charge in [0.1, 0.15) is 17.2 Å². The highest BCUT2D eigenvalue weighted by Crippen LogP contribution is 2.30. The Hall–Kier alpha value is -3.47. The Kier molecular flexibility index (Phi) is 5.94. The second-order valence-corrected chi connectivity index (χ2v) is 5.81. The van der Waals surface area contributed by atoms with Crippen LogP contribution < -0.4 is 19.5 Å². The molecule has 0 spiro atoms. The third kappa shape index (κ3) is 4.79. The molecule has 0 saturated carbocycles. The zero-order chi connectivity index (χ0) is 19.1. The number of hydrogen-bond donors (Lipinski definition) is 1. The molecule has 5 heteroatoms. The highest BCUT2D eigenvalue weighted by molar-refractivity contribution is 5.94. The van der Waals surface area contributed by atoms with E-state index in [9.17, 15) is 4.79 Å². The number of amides is 1. The number of benzene rings is 3. The van der Waals surface area contributed by atoms with Crippen molar-refractivity contribution in [2.75, 3.05) is 19.5 Å². The van der Waals surface area contributed by atoms with Gasteiger partial charge in [0.05, 0.1) is 26.3 Å². The van der Waals surface area contributed by atoms with Crippen LogP contribution in [-0.2, 0) is 11.2 Å². The van der Waals surface area contributed by atoms with Crippen LogP contribution in [0.4, 0.5) is 5.69 Å². The van der Waals surface area contributed by atoms with Crippen molar-refractivity contribution < 1.29 is 19.0 Å². The molecular weight excluding hydrogens is 342 g/mol. The Morgan fingerprint density at radius 3 is 2.30 bits per heavy atom. The van der Waals surface area contributed by atoms with Crippen LogP contribution in [0.25, 0.3) is 0 Å². The first kappa shape index (κ1) is 18.3. The number of methoxy groups -OCH3 is 2. The minimum atomic E-state index is -0.175. The Bertz CT molecular complexity index is 909. The molecule has 0 heterocycles. The molecule has 3 aromatic rings. The molecular formula is C22H21NO4. The minimum absolute atomic E-state index is 0.153. The molecule has 5 nitrogen and oxygen atoms in total. The Labute approximate surface area is 158 Å². The van der Waals surface area contributed by atoms with Gasteiger partial charge >= 0.3 is 0 Å².